The second-order valence-corrected chi connectivity index (χ2v) is 4.15. The summed E-state index contributed by atoms with van der Waals surface area (Å²) >= 11 is 0. The Morgan fingerprint density at radius 3 is 1.54 bits per heavy atom. The molecule has 2 saturated carbocycles. The lowest BCUT2D eigenvalue weighted by Gasteiger charge is -2.24. The smallest absolute Gasteiger partial charge is 0.141 e. The number of quaternary nitrogens is 2. The minimum Gasteiger partial charge on any atom is -1.00 e. The molecule has 80 valence electrons. The van der Waals surface area contributed by atoms with Crippen LogP contribution < -0.4 is 35.4 Å². The minimum absolute atomic E-state index is 0. The number of rotatable bonds is 2. The molecule has 2 nitrogen and oxygen atoms in total. The van der Waals surface area contributed by atoms with E-state index in [4.69, 9.17) is 0 Å². The molecule has 4 heteroatoms. The Kier molecular flexibility index (Phi) is 5.61. The summed E-state index contributed by atoms with van der Waals surface area (Å²) in [4.78, 5) is 0. The van der Waals surface area contributed by atoms with Crippen molar-refractivity contribution in [3.05, 3.63) is 0 Å². The predicted octanol–water partition coefficient (Wildman–Crippen LogP) is -7.45. The molecule has 2 fully saturated rings. The van der Waals surface area contributed by atoms with Gasteiger partial charge in [0, 0.05) is 11.8 Å². The fourth-order valence-corrected chi connectivity index (χ4v) is 3.37. The van der Waals surface area contributed by atoms with Crippen LogP contribution >= 0.6 is 0 Å². The van der Waals surface area contributed by atoms with Crippen LogP contribution in [0.3, 0.4) is 0 Å². The highest BCUT2D eigenvalue weighted by Crippen LogP contribution is 2.41. The normalized spacial score (nSPS) is 41.1. The molecule has 4 atom stereocenters. The van der Waals surface area contributed by atoms with Crippen molar-refractivity contribution in [2.45, 2.75) is 31.3 Å². The molecule has 2 bridgehead atoms. The van der Waals surface area contributed by atoms with Crippen LogP contribution in [0, 0.1) is 11.8 Å². The minimum atomic E-state index is 0. The number of halogens is 2. The summed E-state index contributed by atoms with van der Waals surface area (Å²) in [6.45, 7) is 0. The molecule has 13 heavy (non-hydrogen) atoms. The Morgan fingerprint density at radius 1 is 0.846 bits per heavy atom. The Bertz CT molecular complexity index is 139. The standard InChI is InChI=1S/C9H18N2.2ClH/c1-10-8-6-3-4-7(5-6)9(8)11-2;;/h6-11H,3-5H2,1-2H3;2*1H/t6-,7+,8-,9-;;/m1../s1. The molecule has 0 aliphatic heterocycles. The first-order chi connectivity index (χ1) is 5.36. The van der Waals surface area contributed by atoms with Gasteiger partial charge in [-0.3, -0.25) is 0 Å². The molecule has 0 aromatic heterocycles. The molecule has 2 aliphatic carbocycles. The van der Waals surface area contributed by atoms with Crippen molar-refractivity contribution in [3.8, 4) is 0 Å². The topological polar surface area (TPSA) is 33.2 Å². The molecular formula is C9H20Cl2N2. The fraction of sp³-hybridized carbons (Fsp3) is 1.00. The van der Waals surface area contributed by atoms with E-state index in [0.717, 1.165) is 23.9 Å². The molecule has 0 radical (unpaired) electrons. The van der Waals surface area contributed by atoms with Crippen LogP contribution in [-0.2, 0) is 0 Å². The van der Waals surface area contributed by atoms with Gasteiger partial charge in [-0.05, 0) is 19.3 Å². The van der Waals surface area contributed by atoms with E-state index in [1.165, 1.54) is 19.3 Å². The van der Waals surface area contributed by atoms with Gasteiger partial charge in [-0.15, -0.1) is 0 Å². The molecule has 2 aliphatic rings. The first-order valence-electron chi connectivity index (χ1n) is 4.95. The summed E-state index contributed by atoms with van der Waals surface area (Å²) < 4.78 is 0. The molecule has 0 spiro atoms. The maximum atomic E-state index is 2.44. The summed E-state index contributed by atoms with van der Waals surface area (Å²) in [7, 11) is 4.48. The van der Waals surface area contributed by atoms with Crippen molar-refractivity contribution in [2.24, 2.45) is 11.8 Å². The highest BCUT2D eigenvalue weighted by Gasteiger charge is 2.51. The van der Waals surface area contributed by atoms with E-state index >= 15 is 0 Å². The zero-order valence-corrected chi connectivity index (χ0v) is 9.85. The van der Waals surface area contributed by atoms with Crippen LogP contribution in [0.15, 0.2) is 0 Å². The Labute approximate surface area is 93.1 Å². The number of hydrogen-bond donors (Lipinski definition) is 2. The fourth-order valence-electron chi connectivity index (χ4n) is 3.37. The van der Waals surface area contributed by atoms with Crippen molar-refractivity contribution in [3.63, 3.8) is 0 Å². The monoisotopic (exact) mass is 226 g/mol. The molecule has 2 rings (SSSR count). The Hall–Kier alpha value is 0.500. The highest BCUT2D eigenvalue weighted by atomic mass is 35.5. The zero-order chi connectivity index (χ0) is 7.84. The van der Waals surface area contributed by atoms with E-state index in [2.05, 4.69) is 24.7 Å². The Balaban J connectivity index is 0.000000720. The molecule has 0 saturated heterocycles. The first kappa shape index (κ1) is 13.5. The maximum absolute atomic E-state index is 2.44. The Morgan fingerprint density at radius 2 is 1.23 bits per heavy atom. The second kappa shape index (κ2) is 5.40. The van der Waals surface area contributed by atoms with Gasteiger partial charge in [0.05, 0.1) is 14.1 Å². The van der Waals surface area contributed by atoms with E-state index in [1.807, 2.05) is 0 Å². The summed E-state index contributed by atoms with van der Waals surface area (Å²) in [6, 6.07) is 1.86. The van der Waals surface area contributed by atoms with Crippen molar-refractivity contribution in [2.75, 3.05) is 14.1 Å². The SMILES string of the molecule is C[NH2+][C@@H]1[C@@H]2CC[C@@H](C2)[C@H]1[NH2+]C.[Cl-].[Cl-]. The van der Waals surface area contributed by atoms with Crippen LogP contribution in [-0.4, -0.2) is 26.2 Å². The third kappa shape index (κ3) is 2.12. The lowest BCUT2D eigenvalue weighted by Crippen LogP contribution is -3.01. The van der Waals surface area contributed by atoms with Gasteiger partial charge in [0.1, 0.15) is 12.1 Å². The van der Waals surface area contributed by atoms with Crippen LogP contribution in [0.5, 0.6) is 0 Å². The van der Waals surface area contributed by atoms with Crippen LogP contribution in [0.1, 0.15) is 19.3 Å². The van der Waals surface area contributed by atoms with Crippen molar-refractivity contribution < 1.29 is 35.4 Å². The largest absolute Gasteiger partial charge is 1.00 e. The molecule has 0 amide bonds. The third-order valence-corrected chi connectivity index (χ3v) is 3.82. The van der Waals surface area contributed by atoms with Gasteiger partial charge in [-0.25, -0.2) is 0 Å². The zero-order valence-electron chi connectivity index (χ0n) is 8.34. The van der Waals surface area contributed by atoms with E-state index in [-0.39, 0.29) is 24.8 Å². The van der Waals surface area contributed by atoms with Crippen molar-refractivity contribution >= 4 is 0 Å². The third-order valence-electron chi connectivity index (χ3n) is 3.82. The highest BCUT2D eigenvalue weighted by molar-refractivity contribution is 4.95. The summed E-state index contributed by atoms with van der Waals surface area (Å²) in [5.41, 5.74) is 0. The summed E-state index contributed by atoms with van der Waals surface area (Å²) in [6.07, 6.45) is 4.53. The number of nitrogens with two attached hydrogens (primary N) is 2. The van der Waals surface area contributed by atoms with Gasteiger partial charge in [-0.1, -0.05) is 0 Å². The van der Waals surface area contributed by atoms with E-state index < -0.39 is 0 Å². The maximum Gasteiger partial charge on any atom is 0.141 e. The molecular weight excluding hydrogens is 207 g/mol. The second-order valence-electron chi connectivity index (χ2n) is 4.15. The van der Waals surface area contributed by atoms with Gasteiger partial charge in [-0.2, -0.15) is 0 Å². The number of fused-ring (bicyclic) bond motifs is 2. The first-order valence-corrected chi connectivity index (χ1v) is 4.95. The van der Waals surface area contributed by atoms with E-state index in [0.29, 0.717) is 0 Å². The number of hydrogen-bond acceptors (Lipinski definition) is 0. The molecule has 0 heterocycles. The number of likely N-dealkylation sites (N-methyl/N-ethyl adjacent to an activating group) is 2. The van der Waals surface area contributed by atoms with Gasteiger partial charge < -0.3 is 35.4 Å². The lowest BCUT2D eigenvalue weighted by atomic mass is 9.91. The van der Waals surface area contributed by atoms with Gasteiger partial charge in [0.25, 0.3) is 0 Å². The van der Waals surface area contributed by atoms with Crippen LogP contribution in [0.25, 0.3) is 0 Å². The molecule has 0 aromatic rings. The van der Waals surface area contributed by atoms with E-state index in [1.54, 1.807) is 0 Å². The van der Waals surface area contributed by atoms with Crippen LogP contribution in [0.2, 0.25) is 0 Å². The van der Waals surface area contributed by atoms with Gasteiger partial charge >= 0.3 is 0 Å². The van der Waals surface area contributed by atoms with Crippen LogP contribution in [0.4, 0.5) is 0 Å². The van der Waals surface area contributed by atoms with Gasteiger partial charge in [0.15, 0.2) is 0 Å². The molecule has 0 unspecified atom stereocenters. The summed E-state index contributed by atoms with van der Waals surface area (Å²) in [5, 5.41) is 4.88. The van der Waals surface area contributed by atoms with Crippen molar-refractivity contribution in [1.29, 1.82) is 0 Å². The molecule has 4 N–H and O–H groups in total. The van der Waals surface area contributed by atoms with E-state index in [9.17, 15) is 0 Å². The van der Waals surface area contributed by atoms with Crippen molar-refractivity contribution in [1.82, 2.24) is 0 Å². The summed E-state index contributed by atoms with van der Waals surface area (Å²) in [5.74, 6) is 2.09. The lowest BCUT2D eigenvalue weighted by molar-refractivity contribution is -0.756. The molecule has 0 aromatic carbocycles. The quantitative estimate of drug-likeness (QED) is 0.470. The van der Waals surface area contributed by atoms with Gasteiger partial charge in [0.2, 0.25) is 0 Å². The average molecular weight is 227 g/mol. The average Bonchev–Trinajstić information content (AvgIpc) is 2.60. The predicted molar refractivity (Wildman–Crippen MR) is 44.1 cm³/mol.